The number of hydrogen-bond acceptors (Lipinski definition) is 2. The molecule has 0 aliphatic rings. The summed E-state index contributed by atoms with van der Waals surface area (Å²) in [6, 6.07) is 19.1. The fourth-order valence-corrected chi connectivity index (χ4v) is 2.40. The summed E-state index contributed by atoms with van der Waals surface area (Å²) >= 11 is 0. The smallest absolute Gasteiger partial charge is 0.0500 e. The highest BCUT2D eigenvalue weighted by Gasteiger charge is 2.05. The molecule has 106 valence electrons. The van der Waals surface area contributed by atoms with Crippen LogP contribution in [-0.4, -0.2) is 13.1 Å². The van der Waals surface area contributed by atoms with Crippen molar-refractivity contribution < 1.29 is 0 Å². The van der Waals surface area contributed by atoms with E-state index in [9.17, 15) is 0 Å². The van der Waals surface area contributed by atoms with Crippen LogP contribution in [0.5, 0.6) is 0 Å². The normalized spacial score (nSPS) is 9.85. The van der Waals surface area contributed by atoms with Gasteiger partial charge < -0.3 is 11.1 Å². The number of nitrogens with two attached hydrogens (primary N) is 1. The molecule has 0 aliphatic heterocycles. The molecule has 4 heteroatoms. The van der Waals surface area contributed by atoms with Gasteiger partial charge in [0.25, 0.3) is 0 Å². The molecule has 0 saturated heterocycles. The zero-order chi connectivity index (χ0) is 12.4. The van der Waals surface area contributed by atoms with Crippen LogP contribution in [0.15, 0.2) is 54.6 Å². The van der Waals surface area contributed by atoms with E-state index in [-0.39, 0.29) is 24.8 Å². The first kappa shape index (κ1) is 16.6. The van der Waals surface area contributed by atoms with Gasteiger partial charge in [-0.05, 0) is 16.8 Å². The molecule has 0 aliphatic carbocycles. The largest absolute Gasteiger partial charge is 0.383 e. The van der Waals surface area contributed by atoms with Crippen LogP contribution in [0.1, 0.15) is 0 Å². The predicted octanol–water partition coefficient (Wildman–Crippen LogP) is 4.21. The molecule has 3 aromatic carbocycles. The summed E-state index contributed by atoms with van der Waals surface area (Å²) in [7, 11) is 0. The van der Waals surface area contributed by atoms with Crippen LogP contribution in [-0.2, 0) is 0 Å². The molecule has 0 spiro atoms. The maximum Gasteiger partial charge on any atom is 0.0500 e. The van der Waals surface area contributed by atoms with E-state index in [1.54, 1.807) is 0 Å². The molecule has 0 aromatic heterocycles. The van der Waals surface area contributed by atoms with Crippen molar-refractivity contribution in [3.63, 3.8) is 0 Å². The van der Waals surface area contributed by atoms with Crippen molar-refractivity contribution in [1.82, 2.24) is 0 Å². The zero-order valence-corrected chi connectivity index (χ0v) is 12.6. The van der Waals surface area contributed by atoms with E-state index < -0.39 is 0 Å². The number of rotatable bonds is 3. The first-order valence-electron chi connectivity index (χ1n) is 6.24. The summed E-state index contributed by atoms with van der Waals surface area (Å²) in [5.74, 6) is 0. The molecule has 0 saturated carbocycles. The monoisotopic (exact) mass is 308 g/mol. The van der Waals surface area contributed by atoms with E-state index in [0.29, 0.717) is 6.54 Å². The summed E-state index contributed by atoms with van der Waals surface area (Å²) in [5.41, 5.74) is 6.79. The second kappa shape index (κ2) is 7.34. The van der Waals surface area contributed by atoms with E-state index in [0.717, 1.165) is 6.54 Å². The van der Waals surface area contributed by atoms with Gasteiger partial charge in [0.2, 0.25) is 0 Å². The van der Waals surface area contributed by atoms with Crippen LogP contribution in [0.2, 0.25) is 0 Å². The molecule has 2 nitrogen and oxygen atoms in total. The van der Waals surface area contributed by atoms with E-state index in [1.165, 1.54) is 27.2 Å². The quantitative estimate of drug-likeness (QED) is 0.711. The Morgan fingerprint density at radius 2 is 1.30 bits per heavy atom. The average Bonchev–Trinajstić information content (AvgIpc) is 2.43. The summed E-state index contributed by atoms with van der Waals surface area (Å²) < 4.78 is 0. The predicted molar refractivity (Wildman–Crippen MR) is 93.5 cm³/mol. The van der Waals surface area contributed by atoms with Crippen molar-refractivity contribution in [1.29, 1.82) is 0 Å². The summed E-state index contributed by atoms with van der Waals surface area (Å²) in [4.78, 5) is 0. The molecule has 0 amide bonds. The van der Waals surface area contributed by atoms with E-state index in [4.69, 9.17) is 5.73 Å². The van der Waals surface area contributed by atoms with Gasteiger partial charge in [-0.25, -0.2) is 0 Å². The molecular formula is C16H18Cl2N2. The van der Waals surface area contributed by atoms with Gasteiger partial charge in [0, 0.05) is 29.5 Å². The zero-order valence-electron chi connectivity index (χ0n) is 11.0. The lowest BCUT2D eigenvalue weighted by molar-refractivity contribution is 1.03. The highest BCUT2D eigenvalue weighted by molar-refractivity contribution is 6.10. The second-order valence-corrected chi connectivity index (χ2v) is 4.41. The Morgan fingerprint density at radius 3 is 1.80 bits per heavy atom. The highest BCUT2D eigenvalue weighted by Crippen LogP contribution is 2.32. The van der Waals surface area contributed by atoms with Crippen LogP contribution >= 0.6 is 24.8 Å². The Morgan fingerprint density at radius 1 is 0.800 bits per heavy atom. The lowest BCUT2D eigenvalue weighted by atomic mass is 10.0. The molecule has 0 fully saturated rings. The number of fused-ring (bicyclic) bond motifs is 2. The van der Waals surface area contributed by atoms with Crippen LogP contribution in [0, 0.1) is 0 Å². The van der Waals surface area contributed by atoms with Crippen molar-refractivity contribution >= 4 is 52.0 Å². The third kappa shape index (κ3) is 2.98. The standard InChI is InChI=1S/C16H16N2.2ClH/c17-9-10-18-16-14-7-3-1-5-12(14)11-13-6-2-4-8-15(13)16;;/h1-8,11,18H,9-10,17H2;2*1H. The van der Waals surface area contributed by atoms with Gasteiger partial charge in [-0.1, -0.05) is 48.5 Å². The van der Waals surface area contributed by atoms with Gasteiger partial charge in [0.05, 0.1) is 0 Å². The number of halogens is 2. The third-order valence-electron chi connectivity index (χ3n) is 3.22. The maximum atomic E-state index is 5.60. The van der Waals surface area contributed by atoms with Gasteiger partial charge in [-0.15, -0.1) is 24.8 Å². The molecule has 3 aromatic rings. The molecule has 3 N–H and O–H groups in total. The van der Waals surface area contributed by atoms with Gasteiger partial charge in [0.15, 0.2) is 0 Å². The minimum absolute atomic E-state index is 0. The van der Waals surface area contributed by atoms with E-state index in [1.807, 2.05) is 0 Å². The molecule has 0 atom stereocenters. The molecule has 0 radical (unpaired) electrons. The van der Waals surface area contributed by atoms with Crippen LogP contribution in [0.25, 0.3) is 21.5 Å². The Balaban J connectivity index is 0.000001000. The Kier molecular flexibility index (Phi) is 6.08. The summed E-state index contributed by atoms with van der Waals surface area (Å²) in [6.45, 7) is 1.43. The average molecular weight is 309 g/mol. The van der Waals surface area contributed by atoms with E-state index >= 15 is 0 Å². The molecule has 20 heavy (non-hydrogen) atoms. The van der Waals surface area contributed by atoms with Gasteiger partial charge >= 0.3 is 0 Å². The first-order chi connectivity index (χ1) is 8.90. The van der Waals surface area contributed by atoms with Crippen LogP contribution in [0.3, 0.4) is 0 Å². The van der Waals surface area contributed by atoms with Gasteiger partial charge in [-0.3, -0.25) is 0 Å². The van der Waals surface area contributed by atoms with Crippen molar-refractivity contribution in [2.24, 2.45) is 5.73 Å². The van der Waals surface area contributed by atoms with Crippen LogP contribution < -0.4 is 11.1 Å². The Labute approximate surface area is 131 Å². The number of hydrogen-bond donors (Lipinski definition) is 2. The Bertz CT molecular complexity index is 644. The van der Waals surface area contributed by atoms with Crippen molar-refractivity contribution in [3.8, 4) is 0 Å². The lowest BCUT2D eigenvalue weighted by Crippen LogP contribution is -2.13. The SMILES string of the molecule is Cl.Cl.NCCNc1c2ccccc2cc2ccccc12. The molecule has 3 rings (SSSR count). The number of benzene rings is 3. The van der Waals surface area contributed by atoms with E-state index in [2.05, 4.69) is 59.9 Å². The fraction of sp³-hybridized carbons (Fsp3) is 0.125. The molecule has 0 unspecified atom stereocenters. The summed E-state index contributed by atoms with van der Waals surface area (Å²) in [5, 5.41) is 8.48. The lowest BCUT2D eigenvalue weighted by Gasteiger charge is -2.13. The minimum atomic E-state index is 0. The van der Waals surface area contributed by atoms with Gasteiger partial charge in [0.1, 0.15) is 0 Å². The number of nitrogens with one attached hydrogen (secondary N) is 1. The minimum Gasteiger partial charge on any atom is -0.383 e. The Hall–Kier alpha value is -1.48. The maximum absolute atomic E-state index is 5.60. The van der Waals surface area contributed by atoms with Crippen molar-refractivity contribution in [2.75, 3.05) is 18.4 Å². The van der Waals surface area contributed by atoms with Gasteiger partial charge in [-0.2, -0.15) is 0 Å². The first-order valence-corrected chi connectivity index (χ1v) is 6.24. The molecular weight excluding hydrogens is 291 g/mol. The number of anilines is 1. The van der Waals surface area contributed by atoms with Crippen molar-refractivity contribution in [2.45, 2.75) is 0 Å². The highest BCUT2D eigenvalue weighted by atomic mass is 35.5. The van der Waals surface area contributed by atoms with Crippen LogP contribution in [0.4, 0.5) is 5.69 Å². The third-order valence-corrected chi connectivity index (χ3v) is 3.22. The molecule has 0 bridgehead atoms. The second-order valence-electron chi connectivity index (χ2n) is 4.41. The summed E-state index contributed by atoms with van der Waals surface area (Å²) in [6.07, 6.45) is 0. The fourth-order valence-electron chi connectivity index (χ4n) is 2.40. The molecule has 0 heterocycles. The topological polar surface area (TPSA) is 38.0 Å². The van der Waals surface area contributed by atoms with Crippen molar-refractivity contribution in [3.05, 3.63) is 54.6 Å².